The van der Waals surface area contributed by atoms with Gasteiger partial charge in [-0.25, -0.2) is 0 Å². The molecule has 1 aromatic carbocycles. The van der Waals surface area contributed by atoms with Crippen LogP contribution >= 0.6 is 0 Å². The van der Waals surface area contributed by atoms with Crippen LogP contribution < -0.4 is 10.1 Å². The van der Waals surface area contributed by atoms with E-state index in [4.69, 9.17) is 9.47 Å². The number of carbonyl (C=O) groups excluding carboxylic acids is 1. The van der Waals surface area contributed by atoms with Crippen LogP contribution in [0, 0.1) is 11.8 Å². The molecular weight excluding hydrogens is 304 g/mol. The molecule has 0 bridgehead atoms. The van der Waals surface area contributed by atoms with Gasteiger partial charge in [0.15, 0.2) is 0 Å². The molecule has 1 aromatic rings. The van der Waals surface area contributed by atoms with E-state index in [0.717, 1.165) is 43.3 Å². The third kappa shape index (κ3) is 4.95. The molecule has 2 saturated heterocycles. The number of rotatable bonds is 6. The average molecular weight is 332 g/mol. The molecule has 0 saturated carbocycles. The summed E-state index contributed by atoms with van der Waals surface area (Å²) < 4.78 is 11.2. The molecule has 2 aliphatic heterocycles. The Morgan fingerprint density at radius 3 is 2.83 bits per heavy atom. The first kappa shape index (κ1) is 17.2. The molecule has 5 heteroatoms. The summed E-state index contributed by atoms with van der Waals surface area (Å²) in [6.45, 7) is 7.64. The van der Waals surface area contributed by atoms with E-state index in [2.05, 4.69) is 17.1 Å². The van der Waals surface area contributed by atoms with E-state index in [0.29, 0.717) is 13.2 Å². The van der Waals surface area contributed by atoms with Crippen LogP contribution in [-0.4, -0.2) is 50.3 Å². The standard InChI is InChI=1S/C19H28N2O3/c1-15-8-9-21(13-15)10-12-24-18-6-4-17(5-7-18)20-19(22)16-3-2-11-23-14-16/h4-7,15-16H,2-3,8-14H2,1H3,(H,20,22). The number of nitrogens with one attached hydrogen (secondary N) is 1. The molecule has 0 aliphatic carbocycles. The summed E-state index contributed by atoms with van der Waals surface area (Å²) in [4.78, 5) is 14.6. The van der Waals surface area contributed by atoms with E-state index in [1.807, 2.05) is 24.3 Å². The van der Waals surface area contributed by atoms with E-state index in [-0.39, 0.29) is 11.8 Å². The van der Waals surface area contributed by atoms with Crippen molar-refractivity contribution in [1.82, 2.24) is 4.90 Å². The quantitative estimate of drug-likeness (QED) is 0.870. The highest BCUT2D eigenvalue weighted by molar-refractivity contribution is 5.92. The lowest BCUT2D eigenvalue weighted by Crippen LogP contribution is -2.30. The zero-order chi connectivity index (χ0) is 16.8. The van der Waals surface area contributed by atoms with Crippen molar-refractivity contribution in [3.8, 4) is 5.75 Å². The minimum Gasteiger partial charge on any atom is -0.492 e. The first-order valence-electron chi connectivity index (χ1n) is 9.04. The number of anilines is 1. The van der Waals surface area contributed by atoms with E-state index in [1.54, 1.807) is 0 Å². The number of hydrogen-bond acceptors (Lipinski definition) is 4. The van der Waals surface area contributed by atoms with E-state index < -0.39 is 0 Å². The minimum atomic E-state index is -0.0301. The van der Waals surface area contributed by atoms with Gasteiger partial charge in [0.2, 0.25) is 5.91 Å². The van der Waals surface area contributed by atoms with Gasteiger partial charge in [0, 0.05) is 25.4 Å². The number of nitrogens with zero attached hydrogens (tertiary/aromatic N) is 1. The summed E-state index contributed by atoms with van der Waals surface area (Å²) in [6.07, 6.45) is 3.16. The summed E-state index contributed by atoms with van der Waals surface area (Å²) in [6, 6.07) is 7.63. The van der Waals surface area contributed by atoms with Crippen molar-refractivity contribution in [2.24, 2.45) is 11.8 Å². The van der Waals surface area contributed by atoms with Gasteiger partial charge in [0.1, 0.15) is 12.4 Å². The Hall–Kier alpha value is -1.59. The second-order valence-electron chi connectivity index (χ2n) is 6.97. The van der Waals surface area contributed by atoms with Crippen molar-refractivity contribution < 1.29 is 14.3 Å². The predicted molar refractivity (Wildman–Crippen MR) is 94.3 cm³/mol. The SMILES string of the molecule is CC1CCN(CCOc2ccc(NC(=O)C3CCCOC3)cc2)C1. The number of hydrogen-bond donors (Lipinski definition) is 1. The molecule has 2 fully saturated rings. The van der Waals surface area contributed by atoms with Crippen molar-refractivity contribution in [1.29, 1.82) is 0 Å². The Morgan fingerprint density at radius 1 is 1.33 bits per heavy atom. The third-order valence-electron chi connectivity index (χ3n) is 4.84. The highest BCUT2D eigenvalue weighted by Crippen LogP contribution is 2.20. The Bertz CT molecular complexity index is 526. The van der Waals surface area contributed by atoms with Gasteiger partial charge >= 0.3 is 0 Å². The molecule has 132 valence electrons. The Morgan fingerprint density at radius 2 is 2.17 bits per heavy atom. The van der Waals surface area contributed by atoms with Crippen molar-refractivity contribution in [3.05, 3.63) is 24.3 Å². The smallest absolute Gasteiger partial charge is 0.229 e. The van der Waals surface area contributed by atoms with Crippen LogP contribution in [0.4, 0.5) is 5.69 Å². The van der Waals surface area contributed by atoms with E-state index >= 15 is 0 Å². The van der Waals surface area contributed by atoms with E-state index in [1.165, 1.54) is 19.5 Å². The maximum Gasteiger partial charge on any atom is 0.229 e. The van der Waals surface area contributed by atoms with Crippen molar-refractivity contribution in [2.45, 2.75) is 26.2 Å². The van der Waals surface area contributed by atoms with Crippen molar-refractivity contribution in [3.63, 3.8) is 0 Å². The Labute approximate surface area is 144 Å². The second-order valence-corrected chi connectivity index (χ2v) is 6.97. The summed E-state index contributed by atoms with van der Waals surface area (Å²) in [5, 5.41) is 2.96. The molecule has 2 aliphatic rings. The summed E-state index contributed by atoms with van der Waals surface area (Å²) in [5.74, 6) is 1.67. The first-order valence-corrected chi connectivity index (χ1v) is 9.04. The Balaban J connectivity index is 1.40. The van der Waals surface area contributed by atoms with Crippen molar-refractivity contribution >= 4 is 11.6 Å². The van der Waals surface area contributed by atoms with Gasteiger partial charge < -0.3 is 14.8 Å². The Kier molecular flexibility index (Phi) is 6.10. The number of ether oxygens (including phenoxy) is 2. The normalized spacial score (nSPS) is 24.7. The fraction of sp³-hybridized carbons (Fsp3) is 0.632. The molecule has 0 spiro atoms. The van der Waals surface area contributed by atoms with Crippen LogP contribution in [0.1, 0.15) is 26.2 Å². The van der Waals surface area contributed by atoms with Crippen LogP contribution in [0.25, 0.3) is 0 Å². The lowest BCUT2D eigenvalue weighted by molar-refractivity contribution is -0.123. The zero-order valence-electron chi connectivity index (χ0n) is 14.5. The number of amides is 1. The highest BCUT2D eigenvalue weighted by Gasteiger charge is 2.21. The number of benzene rings is 1. The highest BCUT2D eigenvalue weighted by atomic mass is 16.5. The summed E-state index contributed by atoms with van der Waals surface area (Å²) in [7, 11) is 0. The van der Waals surface area contributed by atoms with Crippen LogP contribution in [0.3, 0.4) is 0 Å². The van der Waals surface area contributed by atoms with Gasteiger partial charge in [-0.05, 0) is 56.0 Å². The maximum absolute atomic E-state index is 12.2. The van der Waals surface area contributed by atoms with Gasteiger partial charge in [0.25, 0.3) is 0 Å². The molecule has 0 radical (unpaired) electrons. The average Bonchev–Trinajstić information content (AvgIpc) is 3.02. The fourth-order valence-electron chi connectivity index (χ4n) is 3.35. The lowest BCUT2D eigenvalue weighted by Gasteiger charge is -2.21. The molecule has 0 aromatic heterocycles. The first-order chi connectivity index (χ1) is 11.7. The molecule has 2 unspecified atom stereocenters. The van der Waals surface area contributed by atoms with Gasteiger partial charge in [-0.15, -0.1) is 0 Å². The molecule has 1 N–H and O–H groups in total. The monoisotopic (exact) mass is 332 g/mol. The fourth-order valence-corrected chi connectivity index (χ4v) is 3.35. The number of carbonyl (C=O) groups is 1. The molecule has 1 amide bonds. The molecule has 2 heterocycles. The predicted octanol–water partition coefficient (Wildman–Crippen LogP) is 2.77. The van der Waals surface area contributed by atoms with Crippen molar-refractivity contribution in [2.75, 3.05) is 44.8 Å². The number of likely N-dealkylation sites (tertiary alicyclic amines) is 1. The van der Waals surface area contributed by atoms with Gasteiger partial charge in [0.05, 0.1) is 12.5 Å². The minimum absolute atomic E-state index is 0.0301. The molecular formula is C19H28N2O3. The molecule has 3 rings (SSSR count). The van der Waals surface area contributed by atoms with Gasteiger partial charge in [-0.3, -0.25) is 9.69 Å². The van der Waals surface area contributed by atoms with Crippen LogP contribution in [0.15, 0.2) is 24.3 Å². The topological polar surface area (TPSA) is 50.8 Å². The summed E-state index contributed by atoms with van der Waals surface area (Å²) >= 11 is 0. The maximum atomic E-state index is 12.2. The van der Waals surface area contributed by atoms with Crippen LogP contribution in [0.5, 0.6) is 5.75 Å². The van der Waals surface area contributed by atoms with Gasteiger partial charge in [-0.2, -0.15) is 0 Å². The van der Waals surface area contributed by atoms with Crippen LogP contribution in [-0.2, 0) is 9.53 Å². The lowest BCUT2D eigenvalue weighted by atomic mass is 10.0. The van der Waals surface area contributed by atoms with Gasteiger partial charge in [-0.1, -0.05) is 6.92 Å². The third-order valence-corrected chi connectivity index (χ3v) is 4.84. The molecule has 24 heavy (non-hydrogen) atoms. The summed E-state index contributed by atoms with van der Waals surface area (Å²) in [5.41, 5.74) is 0.811. The second kappa shape index (κ2) is 8.49. The van der Waals surface area contributed by atoms with Crippen LogP contribution in [0.2, 0.25) is 0 Å². The molecule has 2 atom stereocenters. The van der Waals surface area contributed by atoms with E-state index in [9.17, 15) is 4.79 Å². The zero-order valence-corrected chi connectivity index (χ0v) is 14.5. The molecule has 5 nitrogen and oxygen atoms in total. The largest absolute Gasteiger partial charge is 0.492 e.